The Kier molecular flexibility index (Phi) is 9.62. The number of carboxylic acids is 1. The lowest BCUT2D eigenvalue weighted by Gasteiger charge is -2.69. The lowest BCUT2D eigenvalue weighted by molar-refractivity contribution is -0.193. The van der Waals surface area contributed by atoms with Crippen molar-refractivity contribution in [2.24, 2.45) is 74.9 Å². The van der Waals surface area contributed by atoms with Gasteiger partial charge in [0, 0.05) is 30.2 Å². The van der Waals surface area contributed by atoms with E-state index in [1.165, 1.54) is 49.7 Å². The highest BCUT2D eigenvalue weighted by molar-refractivity contribution is 6.00. The van der Waals surface area contributed by atoms with Crippen LogP contribution < -0.4 is 5.32 Å². The van der Waals surface area contributed by atoms with Crippen LogP contribution >= 0.6 is 0 Å². The van der Waals surface area contributed by atoms with Crippen molar-refractivity contribution >= 4 is 17.5 Å². The lowest BCUT2D eigenvalue weighted by atomic mass is 9.35. The molecule has 0 aromatic heterocycles. The number of aliphatic carboxylic acids is 1. The van der Waals surface area contributed by atoms with Gasteiger partial charge >= 0.3 is 5.97 Å². The van der Waals surface area contributed by atoms with Crippen LogP contribution in [0, 0.1) is 74.9 Å². The Bertz CT molecular complexity index is 1560. The average Bonchev–Trinajstić information content (AvgIpc) is 3.37. The number of benzene rings is 1. The Morgan fingerprint density at radius 3 is 2.25 bits per heavy atom. The topological polar surface area (TPSA) is 83.5 Å². The zero-order chi connectivity index (χ0) is 36.7. The molecule has 12 unspecified atom stereocenters. The predicted molar refractivity (Wildman–Crippen MR) is 204 cm³/mol. The van der Waals surface area contributed by atoms with Gasteiger partial charge in [0.15, 0.2) is 5.78 Å². The van der Waals surface area contributed by atoms with Gasteiger partial charge in [-0.2, -0.15) is 0 Å². The first-order chi connectivity index (χ1) is 24.0. The number of carboxylic acid groups (broad SMARTS) is 1. The standard InChI is InChI=1S/C46H67NO4/c1-27(2)40-37(49)26-46(22-23-47-29(4)30-12-10-9-11-13-30)21-17-35-32(41(40)46)14-15-39-44(35,7)20-18-38-43(5,6)31(16-19-45(38,39)8)24-36(48)33-25-34(28(33)3)42(50)51/h9-13,27-29,31-35,38-39,47H,14-26H2,1-8H3,(H,50,51). The molecule has 1 aromatic carbocycles. The fourth-order valence-corrected chi connectivity index (χ4v) is 14.5. The van der Waals surface area contributed by atoms with Crippen molar-refractivity contribution in [2.75, 3.05) is 6.54 Å². The van der Waals surface area contributed by atoms with Gasteiger partial charge in [-0.05, 0) is 146 Å². The van der Waals surface area contributed by atoms with Gasteiger partial charge in [0.1, 0.15) is 5.78 Å². The molecule has 280 valence electrons. The van der Waals surface area contributed by atoms with Gasteiger partial charge in [0.05, 0.1) is 5.92 Å². The van der Waals surface area contributed by atoms with E-state index < -0.39 is 5.97 Å². The first-order valence-electron chi connectivity index (χ1n) is 20.9. The zero-order valence-electron chi connectivity index (χ0n) is 33.0. The van der Waals surface area contributed by atoms with E-state index in [1.54, 1.807) is 5.57 Å². The van der Waals surface area contributed by atoms with Crippen LogP contribution in [0.15, 0.2) is 41.5 Å². The summed E-state index contributed by atoms with van der Waals surface area (Å²) in [6, 6.07) is 11.0. The van der Waals surface area contributed by atoms with Gasteiger partial charge in [0.2, 0.25) is 0 Å². The fourth-order valence-electron chi connectivity index (χ4n) is 14.5. The van der Waals surface area contributed by atoms with Crippen LogP contribution in [0.2, 0.25) is 0 Å². The summed E-state index contributed by atoms with van der Waals surface area (Å²) in [5, 5.41) is 13.4. The van der Waals surface area contributed by atoms with Crippen LogP contribution in [0.5, 0.6) is 0 Å². The van der Waals surface area contributed by atoms with Crippen molar-refractivity contribution in [1.82, 2.24) is 5.32 Å². The van der Waals surface area contributed by atoms with Crippen LogP contribution in [0.1, 0.15) is 144 Å². The van der Waals surface area contributed by atoms with E-state index in [2.05, 4.69) is 84.1 Å². The normalized spacial score (nSPS) is 41.9. The summed E-state index contributed by atoms with van der Waals surface area (Å²) in [5.74, 6) is 2.61. The molecule has 0 saturated heterocycles. The third kappa shape index (κ3) is 5.84. The van der Waals surface area contributed by atoms with Crippen molar-refractivity contribution in [3.8, 4) is 0 Å². The van der Waals surface area contributed by atoms with Gasteiger partial charge in [-0.1, -0.05) is 84.4 Å². The molecule has 5 heteroatoms. The Hall–Kier alpha value is -2.27. The molecule has 6 aliphatic rings. The summed E-state index contributed by atoms with van der Waals surface area (Å²) < 4.78 is 0. The molecular weight excluding hydrogens is 631 g/mol. The second-order valence-corrected chi connectivity index (χ2v) is 20.1. The number of allylic oxidation sites excluding steroid dienone is 2. The van der Waals surface area contributed by atoms with Gasteiger partial charge in [-0.15, -0.1) is 0 Å². The van der Waals surface area contributed by atoms with Crippen molar-refractivity contribution in [3.05, 3.63) is 47.0 Å². The number of hydrogen-bond acceptors (Lipinski definition) is 4. The smallest absolute Gasteiger partial charge is 0.306 e. The molecule has 51 heavy (non-hydrogen) atoms. The summed E-state index contributed by atoms with van der Waals surface area (Å²) >= 11 is 0. The molecule has 12 atom stereocenters. The highest BCUT2D eigenvalue weighted by atomic mass is 16.4. The highest BCUT2D eigenvalue weighted by Crippen LogP contribution is 2.74. The monoisotopic (exact) mass is 698 g/mol. The maximum absolute atomic E-state index is 14.0. The maximum atomic E-state index is 14.0. The number of nitrogens with one attached hydrogen (secondary N) is 1. The number of fused-ring (bicyclic) bond motifs is 7. The lowest BCUT2D eigenvalue weighted by Crippen LogP contribution is -2.62. The molecule has 0 heterocycles. The van der Waals surface area contributed by atoms with E-state index >= 15 is 0 Å². The molecule has 0 aliphatic heterocycles. The zero-order valence-corrected chi connectivity index (χ0v) is 33.0. The van der Waals surface area contributed by atoms with E-state index in [0.29, 0.717) is 66.5 Å². The number of ketones is 2. The minimum Gasteiger partial charge on any atom is -0.481 e. The largest absolute Gasteiger partial charge is 0.481 e. The summed E-state index contributed by atoms with van der Waals surface area (Å²) in [4.78, 5) is 39.1. The number of carbonyl (C=O) groups excluding carboxylic acids is 2. The molecule has 5 nitrogen and oxygen atoms in total. The molecule has 5 fully saturated rings. The number of hydrogen-bond donors (Lipinski definition) is 2. The quantitative estimate of drug-likeness (QED) is 0.254. The summed E-state index contributed by atoms with van der Waals surface area (Å²) in [7, 11) is 0. The van der Waals surface area contributed by atoms with Crippen LogP contribution in [0.4, 0.5) is 0 Å². The van der Waals surface area contributed by atoms with E-state index in [1.807, 2.05) is 6.92 Å². The first-order valence-corrected chi connectivity index (χ1v) is 20.9. The maximum Gasteiger partial charge on any atom is 0.306 e. The first kappa shape index (κ1) is 37.1. The van der Waals surface area contributed by atoms with Gasteiger partial charge in [-0.3, -0.25) is 14.4 Å². The molecule has 0 radical (unpaired) electrons. The average molecular weight is 698 g/mol. The molecule has 2 N–H and O–H groups in total. The SMILES string of the molecule is CC(C)C1=C2C3CCC4C(C)(CCC5C(C)(C)C(CC(=O)C6CC(C(=O)O)C6C)CCC54C)C3CCC2(CCNC(C)c2ccccc2)CC1=O. The molecule has 7 rings (SSSR count). The minimum atomic E-state index is -0.745. The number of carbonyl (C=O) groups is 3. The molecule has 1 aromatic rings. The number of Topliss-reactive ketones (excluding diaryl/α,β-unsaturated/α-hetero) is 2. The van der Waals surface area contributed by atoms with E-state index in [9.17, 15) is 19.5 Å². The fraction of sp³-hybridized carbons (Fsp3) is 0.761. The van der Waals surface area contributed by atoms with Gasteiger partial charge < -0.3 is 10.4 Å². The molecule has 0 spiro atoms. The Balaban J connectivity index is 1.09. The van der Waals surface area contributed by atoms with Crippen LogP contribution in [0.25, 0.3) is 0 Å². The van der Waals surface area contributed by atoms with Crippen LogP contribution in [0.3, 0.4) is 0 Å². The summed E-state index contributed by atoms with van der Waals surface area (Å²) in [5.41, 5.74) is 4.74. The molecule has 0 amide bonds. The van der Waals surface area contributed by atoms with Crippen molar-refractivity contribution in [1.29, 1.82) is 0 Å². The second kappa shape index (κ2) is 13.2. The molecule has 5 saturated carbocycles. The summed E-state index contributed by atoms with van der Waals surface area (Å²) in [6.45, 7) is 19.9. The van der Waals surface area contributed by atoms with Gasteiger partial charge in [-0.25, -0.2) is 0 Å². The molecular formula is C46H67NO4. The Morgan fingerprint density at radius 2 is 1.59 bits per heavy atom. The Morgan fingerprint density at radius 1 is 0.882 bits per heavy atom. The third-order valence-corrected chi connectivity index (χ3v) is 17.3. The van der Waals surface area contributed by atoms with E-state index in [4.69, 9.17) is 0 Å². The predicted octanol–water partition coefficient (Wildman–Crippen LogP) is 10.3. The van der Waals surface area contributed by atoms with Gasteiger partial charge in [0.25, 0.3) is 0 Å². The third-order valence-electron chi connectivity index (χ3n) is 17.3. The minimum absolute atomic E-state index is 0.0145. The van der Waals surface area contributed by atoms with Crippen molar-refractivity contribution in [2.45, 2.75) is 138 Å². The molecule has 0 bridgehead atoms. The highest BCUT2D eigenvalue weighted by Gasteiger charge is 2.66. The van der Waals surface area contributed by atoms with Crippen LogP contribution in [-0.2, 0) is 14.4 Å². The Labute approximate surface area is 308 Å². The van der Waals surface area contributed by atoms with Crippen molar-refractivity contribution < 1.29 is 19.5 Å². The number of rotatable bonds is 10. The van der Waals surface area contributed by atoms with E-state index in [-0.39, 0.29) is 45.3 Å². The van der Waals surface area contributed by atoms with Crippen molar-refractivity contribution in [3.63, 3.8) is 0 Å². The summed E-state index contributed by atoms with van der Waals surface area (Å²) in [6.07, 6.45) is 12.5. The van der Waals surface area contributed by atoms with Crippen LogP contribution in [-0.4, -0.2) is 29.2 Å². The molecule has 6 aliphatic carbocycles. The second-order valence-electron chi connectivity index (χ2n) is 20.1. The van der Waals surface area contributed by atoms with E-state index in [0.717, 1.165) is 25.8 Å².